The van der Waals surface area contributed by atoms with Crippen LogP contribution in [0.2, 0.25) is 0 Å². The second-order valence-corrected chi connectivity index (χ2v) is 7.52. The summed E-state index contributed by atoms with van der Waals surface area (Å²) in [7, 11) is 1.65. The number of rotatable bonds is 6. The van der Waals surface area contributed by atoms with E-state index in [9.17, 15) is 9.59 Å². The Morgan fingerprint density at radius 3 is 2.17 bits per heavy atom. The van der Waals surface area contributed by atoms with Crippen molar-refractivity contribution in [2.45, 2.75) is 25.7 Å². The van der Waals surface area contributed by atoms with E-state index in [1.54, 1.807) is 19.2 Å². The van der Waals surface area contributed by atoms with Gasteiger partial charge in [0.2, 0.25) is 11.8 Å². The molecule has 0 bridgehead atoms. The van der Waals surface area contributed by atoms with Crippen molar-refractivity contribution in [1.82, 2.24) is 0 Å². The van der Waals surface area contributed by atoms with Crippen LogP contribution in [0.1, 0.15) is 31.2 Å². The normalized spacial score (nSPS) is 14.3. The summed E-state index contributed by atoms with van der Waals surface area (Å²) in [5, 5.41) is 7.99. The molecule has 0 unspecified atom stereocenters. The van der Waals surface area contributed by atoms with E-state index in [0.717, 1.165) is 40.6 Å². The van der Waals surface area contributed by atoms with E-state index in [1.165, 1.54) is 0 Å². The number of methoxy groups -OCH3 is 1. The molecule has 3 aromatic carbocycles. The van der Waals surface area contributed by atoms with Crippen LogP contribution in [0.4, 0.5) is 11.4 Å². The molecule has 0 spiro atoms. The summed E-state index contributed by atoms with van der Waals surface area (Å²) in [6.07, 6.45) is 1.94. The Bertz CT molecular complexity index is 1060. The van der Waals surface area contributed by atoms with Gasteiger partial charge in [0.05, 0.1) is 13.0 Å². The first kappa shape index (κ1) is 19.0. The number of hydrogen-bond donors (Lipinski definition) is 2. The van der Waals surface area contributed by atoms with E-state index in [4.69, 9.17) is 4.74 Å². The van der Waals surface area contributed by atoms with Gasteiger partial charge in [0.25, 0.3) is 0 Å². The summed E-state index contributed by atoms with van der Waals surface area (Å²) < 4.78 is 5.26. The average Bonchev–Trinajstić information content (AvgIpc) is 3.59. The molecule has 0 heterocycles. The highest BCUT2D eigenvalue weighted by molar-refractivity contribution is 5.97. The first-order valence-electron chi connectivity index (χ1n) is 9.83. The minimum Gasteiger partial charge on any atom is -0.497 e. The summed E-state index contributed by atoms with van der Waals surface area (Å²) in [5.41, 5.74) is 2.41. The standard InChI is InChI=1S/C24H24N2O3/c1-15(17-5-6-19-14-22(29-2)12-7-18(19)13-17)23(27)25-20-8-10-21(11-9-20)26-24(28)16-3-4-16/h5-16H,3-4H2,1-2H3,(H,25,27)(H,26,28)/t15-/m0/s1. The van der Waals surface area contributed by atoms with E-state index in [0.29, 0.717) is 5.69 Å². The Balaban J connectivity index is 1.42. The summed E-state index contributed by atoms with van der Waals surface area (Å²) >= 11 is 0. The molecule has 1 saturated carbocycles. The lowest BCUT2D eigenvalue weighted by Gasteiger charge is -2.14. The van der Waals surface area contributed by atoms with Crippen molar-refractivity contribution in [2.24, 2.45) is 5.92 Å². The SMILES string of the molecule is COc1ccc2cc([C@H](C)C(=O)Nc3ccc(NC(=O)C4CC4)cc3)ccc2c1. The first-order chi connectivity index (χ1) is 14.0. The second-order valence-electron chi connectivity index (χ2n) is 7.52. The topological polar surface area (TPSA) is 67.4 Å². The van der Waals surface area contributed by atoms with Crippen LogP contribution in [0.3, 0.4) is 0 Å². The van der Waals surface area contributed by atoms with Gasteiger partial charge in [-0.1, -0.05) is 24.3 Å². The minimum absolute atomic E-state index is 0.0735. The third kappa shape index (κ3) is 4.40. The number of fused-ring (bicyclic) bond motifs is 1. The summed E-state index contributed by atoms with van der Waals surface area (Å²) in [6, 6.07) is 19.1. The lowest BCUT2D eigenvalue weighted by atomic mass is 9.97. The zero-order valence-corrected chi connectivity index (χ0v) is 16.6. The van der Waals surface area contributed by atoms with Gasteiger partial charge in [0.15, 0.2) is 0 Å². The van der Waals surface area contributed by atoms with Crippen LogP contribution in [0, 0.1) is 5.92 Å². The van der Waals surface area contributed by atoms with Crippen LogP contribution in [-0.4, -0.2) is 18.9 Å². The maximum absolute atomic E-state index is 12.7. The molecular formula is C24H24N2O3. The Morgan fingerprint density at radius 1 is 0.897 bits per heavy atom. The molecule has 0 aromatic heterocycles. The lowest BCUT2D eigenvalue weighted by Crippen LogP contribution is -2.19. The van der Waals surface area contributed by atoms with Crippen molar-refractivity contribution in [3.63, 3.8) is 0 Å². The van der Waals surface area contributed by atoms with Crippen LogP contribution in [0.15, 0.2) is 60.7 Å². The number of hydrogen-bond acceptors (Lipinski definition) is 3. The molecule has 1 fully saturated rings. The smallest absolute Gasteiger partial charge is 0.231 e. The van der Waals surface area contributed by atoms with Gasteiger partial charge in [-0.3, -0.25) is 9.59 Å². The molecule has 0 saturated heterocycles. The quantitative estimate of drug-likeness (QED) is 0.629. The lowest BCUT2D eigenvalue weighted by molar-refractivity contribution is -0.118. The molecule has 1 atom stereocenters. The zero-order chi connectivity index (χ0) is 20.4. The van der Waals surface area contributed by atoms with Crippen LogP contribution in [-0.2, 0) is 9.59 Å². The van der Waals surface area contributed by atoms with Gasteiger partial charge in [-0.2, -0.15) is 0 Å². The Kier molecular flexibility index (Phi) is 5.21. The van der Waals surface area contributed by atoms with Crippen molar-refractivity contribution in [2.75, 3.05) is 17.7 Å². The largest absolute Gasteiger partial charge is 0.497 e. The molecule has 5 nitrogen and oxygen atoms in total. The van der Waals surface area contributed by atoms with Crippen molar-refractivity contribution in [1.29, 1.82) is 0 Å². The molecule has 29 heavy (non-hydrogen) atoms. The van der Waals surface area contributed by atoms with Gasteiger partial charge in [0.1, 0.15) is 5.75 Å². The fraction of sp³-hybridized carbons (Fsp3) is 0.250. The maximum Gasteiger partial charge on any atom is 0.231 e. The van der Waals surface area contributed by atoms with Gasteiger partial charge in [-0.15, -0.1) is 0 Å². The van der Waals surface area contributed by atoms with E-state index in [1.807, 2.05) is 55.5 Å². The van der Waals surface area contributed by atoms with Gasteiger partial charge < -0.3 is 15.4 Å². The monoisotopic (exact) mass is 388 g/mol. The van der Waals surface area contributed by atoms with E-state index in [-0.39, 0.29) is 23.7 Å². The molecule has 4 rings (SSSR count). The highest BCUT2D eigenvalue weighted by atomic mass is 16.5. The van der Waals surface area contributed by atoms with Crippen LogP contribution >= 0.6 is 0 Å². The van der Waals surface area contributed by atoms with Crippen LogP contribution < -0.4 is 15.4 Å². The number of ether oxygens (including phenoxy) is 1. The third-order valence-electron chi connectivity index (χ3n) is 5.33. The van der Waals surface area contributed by atoms with Crippen molar-refractivity contribution in [3.8, 4) is 5.75 Å². The van der Waals surface area contributed by atoms with Gasteiger partial charge in [0, 0.05) is 17.3 Å². The van der Waals surface area contributed by atoms with Crippen LogP contribution in [0.5, 0.6) is 5.75 Å². The third-order valence-corrected chi connectivity index (χ3v) is 5.33. The van der Waals surface area contributed by atoms with Crippen LogP contribution in [0.25, 0.3) is 10.8 Å². The molecule has 148 valence electrons. The van der Waals surface area contributed by atoms with E-state index < -0.39 is 0 Å². The number of carbonyl (C=O) groups excluding carboxylic acids is 2. The number of amides is 2. The maximum atomic E-state index is 12.7. The summed E-state index contributed by atoms with van der Waals surface area (Å²) in [5.74, 6) is 0.679. The van der Waals surface area contributed by atoms with Gasteiger partial charge in [-0.05, 0) is 72.5 Å². The highest BCUT2D eigenvalue weighted by Crippen LogP contribution is 2.30. The van der Waals surface area contributed by atoms with Crippen molar-refractivity contribution < 1.29 is 14.3 Å². The van der Waals surface area contributed by atoms with Gasteiger partial charge >= 0.3 is 0 Å². The molecular weight excluding hydrogens is 364 g/mol. The predicted molar refractivity (Wildman–Crippen MR) is 115 cm³/mol. The Morgan fingerprint density at radius 2 is 1.52 bits per heavy atom. The predicted octanol–water partition coefficient (Wildman–Crippen LogP) is 4.94. The molecule has 1 aliphatic rings. The zero-order valence-electron chi connectivity index (χ0n) is 16.6. The second kappa shape index (κ2) is 7.95. The number of nitrogens with one attached hydrogen (secondary N) is 2. The minimum atomic E-state index is -0.296. The molecule has 1 aliphatic carbocycles. The Hall–Kier alpha value is -3.34. The van der Waals surface area contributed by atoms with Gasteiger partial charge in [-0.25, -0.2) is 0 Å². The number of benzene rings is 3. The van der Waals surface area contributed by atoms with E-state index in [2.05, 4.69) is 10.6 Å². The number of anilines is 2. The van der Waals surface area contributed by atoms with Crippen molar-refractivity contribution >= 4 is 34.0 Å². The highest BCUT2D eigenvalue weighted by Gasteiger charge is 2.29. The molecule has 2 amide bonds. The number of carbonyl (C=O) groups is 2. The fourth-order valence-corrected chi connectivity index (χ4v) is 3.27. The van der Waals surface area contributed by atoms with Crippen molar-refractivity contribution in [3.05, 3.63) is 66.2 Å². The molecule has 5 heteroatoms. The molecule has 0 radical (unpaired) electrons. The summed E-state index contributed by atoms with van der Waals surface area (Å²) in [4.78, 5) is 24.5. The molecule has 3 aromatic rings. The molecule has 2 N–H and O–H groups in total. The average molecular weight is 388 g/mol. The Labute approximate surface area is 170 Å². The summed E-state index contributed by atoms with van der Waals surface area (Å²) in [6.45, 7) is 1.89. The first-order valence-corrected chi connectivity index (χ1v) is 9.83. The fourth-order valence-electron chi connectivity index (χ4n) is 3.27. The molecule has 0 aliphatic heterocycles. The van der Waals surface area contributed by atoms with E-state index >= 15 is 0 Å².